The number of hydrogen-bond donors (Lipinski definition) is 3. The summed E-state index contributed by atoms with van der Waals surface area (Å²) in [5.74, 6) is 0.882. The Balaban J connectivity index is 2.33. The van der Waals surface area contributed by atoms with Gasteiger partial charge in [-0.3, -0.25) is 0 Å². The SMILES string of the molecule is CCCC(CCO)CNC(C)Cc1ccc(O)cc1. The Morgan fingerprint density at radius 2 is 1.84 bits per heavy atom. The predicted octanol–water partition coefficient (Wildman–Crippen LogP) is 2.71. The van der Waals surface area contributed by atoms with Gasteiger partial charge in [0.15, 0.2) is 0 Å². The first-order valence-corrected chi connectivity index (χ1v) is 7.27. The summed E-state index contributed by atoms with van der Waals surface area (Å²) in [6, 6.07) is 7.79. The molecule has 0 saturated carbocycles. The first kappa shape index (κ1) is 16.0. The second kappa shape index (κ2) is 8.94. The summed E-state index contributed by atoms with van der Waals surface area (Å²) >= 11 is 0. The maximum atomic E-state index is 9.25. The van der Waals surface area contributed by atoms with Gasteiger partial charge in [0, 0.05) is 12.6 Å². The van der Waals surface area contributed by atoms with E-state index in [0.717, 1.165) is 19.4 Å². The third kappa shape index (κ3) is 6.60. The lowest BCUT2D eigenvalue weighted by atomic mass is 9.99. The van der Waals surface area contributed by atoms with Crippen molar-refractivity contribution in [1.29, 1.82) is 0 Å². The van der Waals surface area contributed by atoms with Gasteiger partial charge in [0.05, 0.1) is 0 Å². The molecule has 0 aromatic heterocycles. The van der Waals surface area contributed by atoms with Crippen LogP contribution in [0.25, 0.3) is 0 Å². The molecule has 2 unspecified atom stereocenters. The summed E-state index contributed by atoms with van der Waals surface area (Å²) in [7, 11) is 0. The summed E-state index contributed by atoms with van der Waals surface area (Å²) in [4.78, 5) is 0. The van der Waals surface area contributed by atoms with Crippen LogP contribution in [-0.4, -0.2) is 29.4 Å². The molecule has 3 N–H and O–H groups in total. The van der Waals surface area contributed by atoms with Crippen LogP contribution in [0.1, 0.15) is 38.7 Å². The number of aliphatic hydroxyl groups excluding tert-OH is 1. The Labute approximate surface area is 116 Å². The highest BCUT2D eigenvalue weighted by Gasteiger charge is 2.09. The Hall–Kier alpha value is -1.06. The molecular weight excluding hydrogens is 238 g/mol. The second-order valence-electron chi connectivity index (χ2n) is 5.35. The second-order valence-corrected chi connectivity index (χ2v) is 5.35. The van der Waals surface area contributed by atoms with Gasteiger partial charge in [-0.05, 0) is 56.3 Å². The van der Waals surface area contributed by atoms with Gasteiger partial charge in [0.25, 0.3) is 0 Å². The van der Waals surface area contributed by atoms with Crippen molar-refractivity contribution < 1.29 is 10.2 Å². The van der Waals surface area contributed by atoms with Crippen LogP contribution in [-0.2, 0) is 6.42 Å². The molecule has 3 nitrogen and oxygen atoms in total. The van der Waals surface area contributed by atoms with Gasteiger partial charge in [0.2, 0.25) is 0 Å². The van der Waals surface area contributed by atoms with Crippen LogP contribution in [0.4, 0.5) is 0 Å². The maximum absolute atomic E-state index is 9.25. The van der Waals surface area contributed by atoms with Crippen molar-refractivity contribution in [2.24, 2.45) is 5.92 Å². The van der Waals surface area contributed by atoms with Crippen LogP contribution in [0.3, 0.4) is 0 Å². The van der Waals surface area contributed by atoms with Gasteiger partial charge < -0.3 is 15.5 Å². The van der Waals surface area contributed by atoms with Gasteiger partial charge in [-0.1, -0.05) is 25.5 Å². The Morgan fingerprint density at radius 1 is 1.16 bits per heavy atom. The number of rotatable bonds is 9. The minimum absolute atomic E-state index is 0.276. The fourth-order valence-corrected chi connectivity index (χ4v) is 2.36. The van der Waals surface area contributed by atoms with E-state index in [4.69, 9.17) is 5.11 Å². The lowest BCUT2D eigenvalue weighted by Gasteiger charge is -2.20. The van der Waals surface area contributed by atoms with Crippen molar-refractivity contribution in [2.45, 2.75) is 45.6 Å². The largest absolute Gasteiger partial charge is 0.508 e. The lowest BCUT2D eigenvalue weighted by Crippen LogP contribution is -2.33. The maximum Gasteiger partial charge on any atom is 0.115 e. The fraction of sp³-hybridized carbons (Fsp3) is 0.625. The molecule has 1 aromatic carbocycles. The number of benzene rings is 1. The van der Waals surface area contributed by atoms with E-state index in [1.54, 1.807) is 12.1 Å². The van der Waals surface area contributed by atoms with Crippen molar-refractivity contribution >= 4 is 0 Å². The van der Waals surface area contributed by atoms with E-state index in [1.807, 2.05) is 12.1 Å². The predicted molar refractivity (Wildman–Crippen MR) is 79.4 cm³/mol. The van der Waals surface area contributed by atoms with Crippen LogP contribution in [0.5, 0.6) is 5.75 Å². The molecule has 0 aliphatic rings. The molecule has 0 radical (unpaired) electrons. The molecule has 0 amide bonds. The molecule has 0 aliphatic carbocycles. The van der Waals surface area contributed by atoms with E-state index in [0.29, 0.717) is 17.7 Å². The minimum atomic E-state index is 0.276. The van der Waals surface area contributed by atoms with Crippen LogP contribution < -0.4 is 5.32 Å². The molecule has 0 bridgehead atoms. The highest BCUT2D eigenvalue weighted by molar-refractivity contribution is 5.26. The Morgan fingerprint density at radius 3 is 2.42 bits per heavy atom. The zero-order valence-corrected chi connectivity index (χ0v) is 12.1. The van der Waals surface area contributed by atoms with Crippen LogP contribution in [0, 0.1) is 5.92 Å². The summed E-state index contributed by atoms with van der Waals surface area (Å²) in [6.07, 6.45) is 4.17. The number of phenols is 1. The smallest absolute Gasteiger partial charge is 0.115 e. The number of nitrogens with one attached hydrogen (secondary N) is 1. The van der Waals surface area contributed by atoms with Crippen molar-refractivity contribution in [3.63, 3.8) is 0 Å². The van der Waals surface area contributed by atoms with Gasteiger partial charge in [-0.15, -0.1) is 0 Å². The first-order valence-electron chi connectivity index (χ1n) is 7.27. The van der Waals surface area contributed by atoms with Gasteiger partial charge in [-0.25, -0.2) is 0 Å². The minimum Gasteiger partial charge on any atom is -0.508 e. The topological polar surface area (TPSA) is 52.5 Å². The summed E-state index contributed by atoms with van der Waals surface area (Å²) < 4.78 is 0. The number of hydrogen-bond acceptors (Lipinski definition) is 3. The highest BCUT2D eigenvalue weighted by atomic mass is 16.3. The van der Waals surface area contributed by atoms with E-state index in [1.165, 1.54) is 18.4 Å². The molecule has 1 aromatic rings. The third-order valence-electron chi connectivity index (χ3n) is 3.47. The van der Waals surface area contributed by atoms with Crippen LogP contribution in [0.2, 0.25) is 0 Å². The quantitative estimate of drug-likeness (QED) is 0.643. The average Bonchev–Trinajstić information content (AvgIpc) is 2.39. The Bertz CT molecular complexity index is 331. The summed E-state index contributed by atoms with van der Waals surface area (Å²) in [5.41, 5.74) is 1.23. The third-order valence-corrected chi connectivity index (χ3v) is 3.47. The standard InChI is InChI=1S/C16H27NO2/c1-3-4-15(9-10-18)12-17-13(2)11-14-5-7-16(19)8-6-14/h5-8,13,15,17-19H,3-4,9-12H2,1-2H3. The van der Waals surface area contributed by atoms with Crippen LogP contribution >= 0.6 is 0 Å². The number of aromatic hydroxyl groups is 1. The van der Waals surface area contributed by atoms with Gasteiger partial charge >= 0.3 is 0 Å². The normalized spacial score (nSPS) is 14.3. The zero-order valence-electron chi connectivity index (χ0n) is 12.1. The lowest BCUT2D eigenvalue weighted by molar-refractivity contribution is 0.245. The zero-order chi connectivity index (χ0) is 14.1. The first-order chi connectivity index (χ1) is 9.15. The van der Waals surface area contributed by atoms with Crippen molar-refractivity contribution in [1.82, 2.24) is 5.32 Å². The number of aliphatic hydroxyl groups is 1. The molecule has 0 fully saturated rings. The molecule has 2 atom stereocenters. The van der Waals surface area contributed by atoms with Crippen molar-refractivity contribution in [3.05, 3.63) is 29.8 Å². The number of phenolic OH excluding ortho intramolecular Hbond substituents is 1. The van der Waals surface area contributed by atoms with Crippen LogP contribution in [0.15, 0.2) is 24.3 Å². The highest BCUT2D eigenvalue weighted by Crippen LogP contribution is 2.13. The summed E-state index contributed by atoms with van der Waals surface area (Å²) in [5, 5.41) is 21.8. The van der Waals surface area contributed by atoms with E-state index in [9.17, 15) is 5.11 Å². The molecule has 108 valence electrons. The molecule has 3 heteroatoms. The molecule has 0 aliphatic heterocycles. The van der Waals surface area contributed by atoms with Gasteiger partial charge in [-0.2, -0.15) is 0 Å². The molecule has 1 rings (SSSR count). The van der Waals surface area contributed by atoms with Crippen molar-refractivity contribution in [3.8, 4) is 5.75 Å². The molecular formula is C16H27NO2. The van der Waals surface area contributed by atoms with E-state index in [-0.39, 0.29) is 6.61 Å². The fourth-order valence-electron chi connectivity index (χ4n) is 2.36. The molecule has 0 saturated heterocycles. The molecule has 19 heavy (non-hydrogen) atoms. The van der Waals surface area contributed by atoms with Gasteiger partial charge in [0.1, 0.15) is 5.75 Å². The monoisotopic (exact) mass is 265 g/mol. The molecule has 0 spiro atoms. The van der Waals surface area contributed by atoms with E-state index < -0.39 is 0 Å². The average molecular weight is 265 g/mol. The van der Waals surface area contributed by atoms with E-state index in [2.05, 4.69) is 19.2 Å². The van der Waals surface area contributed by atoms with E-state index >= 15 is 0 Å². The Kier molecular flexibility index (Phi) is 7.53. The van der Waals surface area contributed by atoms with Crippen molar-refractivity contribution in [2.75, 3.05) is 13.2 Å². The summed E-state index contributed by atoms with van der Waals surface area (Å²) in [6.45, 7) is 5.60. The molecule has 0 heterocycles.